The van der Waals surface area contributed by atoms with Gasteiger partial charge >= 0.3 is 6.18 Å². The number of fused-ring (bicyclic) bond motifs is 1. The monoisotopic (exact) mass is 435 g/mol. The Morgan fingerprint density at radius 2 is 1.94 bits per heavy atom. The molecule has 4 rings (SSSR count). The van der Waals surface area contributed by atoms with Gasteiger partial charge in [0.05, 0.1) is 16.8 Å². The standard InChI is InChI=1S/C22H21F4N3O2/c23-17-2-1-3-19-20(17)15(21(30)29-19)12-27-14-4-5-18(16(10-14)22(24,25)26)28-11-13-6-8-31-9-7-13/h1-5,10,12-13,27-28H,6-9,11H2,(H,29,30). The predicted molar refractivity (Wildman–Crippen MR) is 110 cm³/mol. The van der Waals surface area contributed by atoms with Crippen molar-refractivity contribution in [2.75, 3.05) is 35.7 Å². The van der Waals surface area contributed by atoms with E-state index in [2.05, 4.69) is 16.0 Å². The van der Waals surface area contributed by atoms with Gasteiger partial charge in [0, 0.05) is 42.9 Å². The molecule has 1 amide bonds. The van der Waals surface area contributed by atoms with Gasteiger partial charge in [-0.15, -0.1) is 0 Å². The number of hydrogen-bond donors (Lipinski definition) is 3. The third-order valence-corrected chi connectivity index (χ3v) is 5.41. The van der Waals surface area contributed by atoms with Crippen molar-refractivity contribution in [3.05, 3.63) is 59.5 Å². The number of carbonyl (C=O) groups excluding carboxylic acids is 1. The second-order valence-corrected chi connectivity index (χ2v) is 7.51. The highest BCUT2D eigenvalue weighted by atomic mass is 19.4. The Kier molecular flexibility index (Phi) is 5.86. The van der Waals surface area contributed by atoms with Crippen LogP contribution in [0, 0.1) is 11.7 Å². The lowest BCUT2D eigenvalue weighted by atomic mass is 10.00. The molecule has 0 aromatic heterocycles. The predicted octanol–water partition coefficient (Wildman–Crippen LogP) is 5.09. The molecule has 0 spiro atoms. The molecule has 9 heteroatoms. The fraction of sp³-hybridized carbons (Fsp3) is 0.318. The number of rotatable bonds is 5. The summed E-state index contributed by atoms with van der Waals surface area (Å²) < 4.78 is 60.3. The average molecular weight is 435 g/mol. The molecule has 1 saturated heterocycles. The van der Waals surface area contributed by atoms with Crippen LogP contribution in [0.25, 0.3) is 5.57 Å². The summed E-state index contributed by atoms with van der Waals surface area (Å²) in [6.45, 7) is 1.67. The van der Waals surface area contributed by atoms with Gasteiger partial charge in [-0.05, 0) is 49.1 Å². The molecule has 31 heavy (non-hydrogen) atoms. The number of halogens is 4. The van der Waals surface area contributed by atoms with Crippen LogP contribution in [0.1, 0.15) is 24.0 Å². The van der Waals surface area contributed by atoms with Gasteiger partial charge in [0.25, 0.3) is 5.91 Å². The van der Waals surface area contributed by atoms with Gasteiger partial charge in [-0.3, -0.25) is 4.79 Å². The summed E-state index contributed by atoms with van der Waals surface area (Å²) in [6, 6.07) is 8.04. The fourth-order valence-corrected chi connectivity index (χ4v) is 3.73. The van der Waals surface area contributed by atoms with Gasteiger partial charge in [0.1, 0.15) is 5.82 Å². The third-order valence-electron chi connectivity index (χ3n) is 5.41. The van der Waals surface area contributed by atoms with Crippen LogP contribution in [0.15, 0.2) is 42.6 Å². The fourth-order valence-electron chi connectivity index (χ4n) is 3.73. The molecule has 2 aliphatic heterocycles. The number of benzene rings is 2. The molecule has 2 heterocycles. The highest BCUT2D eigenvalue weighted by Gasteiger charge is 2.34. The van der Waals surface area contributed by atoms with Crippen LogP contribution in [-0.2, 0) is 15.7 Å². The molecule has 5 nitrogen and oxygen atoms in total. The van der Waals surface area contributed by atoms with Gasteiger partial charge in [-0.25, -0.2) is 4.39 Å². The lowest BCUT2D eigenvalue weighted by Crippen LogP contribution is -2.23. The third kappa shape index (κ3) is 4.66. The minimum absolute atomic E-state index is 0.00723. The highest BCUT2D eigenvalue weighted by Crippen LogP contribution is 2.38. The zero-order valence-electron chi connectivity index (χ0n) is 16.5. The molecule has 2 aromatic carbocycles. The van der Waals surface area contributed by atoms with Crippen molar-refractivity contribution in [2.24, 2.45) is 5.92 Å². The van der Waals surface area contributed by atoms with E-state index in [1.807, 2.05) is 0 Å². The van der Waals surface area contributed by atoms with E-state index in [1.165, 1.54) is 30.5 Å². The maximum Gasteiger partial charge on any atom is 0.418 e. The van der Waals surface area contributed by atoms with E-state index >= 15 is 0 Å². The molecule has 0 aliphatic carbocycles. The Hall–Kier alpha value is -3.07. The maximum atomic E-state index is 14.1. The summed E-state index contributed by atoms with van der Waals surface area (Å²) in [5, 5.41) is 8.14. The van der Waals surface area contributed by atoms with E-state index in [1.54, 1.807) is 6.07 Å². The van der Waals surface area contributed by atoms with Crippen LogP contribution >= 0.6 is 0 Å². The minimum Gasteiger partial charge on any atom is -0.384 e. The van der Waals surface area contributed by atoms with Crippen LogP contribution in [0.2, 0.25) is 0 Å². The number of amides is 1. The first-order valence-corrected chi connectivity index (χ1v) is 9.93. The maximum absolute atomic E-state index is 14.1. The smallest absolute Gasteiger partial charge is 0.384 e. The first-order valence-electron chi connectivity index (χ1n) is 9.93. The number of hydrogen-bond acceptors (Lipinski definition) is 4. The zero-order chi connectivity index (χ0) is 22.0. The number of carbonyl (C=O) groups is 1. The summed E-state index contributed by atoms with van der Waals surface area (Å²) in [7, 11) is 0. The largest absolute Gasteiger partial charge is 0.418 e. The van der Waals surface area contributed by atoms with Crippen molar-refractivity contribution in [3.8, 4) is 0 Å². The minimum atomic E-state index is -4.56. The molecule has 1 fully saturated rings. The second-order valence-electron chi connectivity index (χ2n) is 7.51. The van der Waals surface area contributed by atoms with Crippen molar-refractivity contribution >= 4 is 28.5 Å². The molecule has 3 N–H and O–H groups in total. The van der Waals surface area contributed by atoms with Crippen molar-refractivity contribution in [2.45, 2.75) is 19.0 Å². The number of ether oxygens (including phenoxy) is 1. The summed E-state index contributed by atoms with van der Waals surface area (Å²) in [4.78, 5) is 12.1. The van der Waals surface area contributed by atoms with E-state index in [0.29, 0.717) is 25.4 Å². The van der Waals surface area contributed by atoms with Crippen LogP contribution < -0.4 is 16.0 Å². The average Bonchev–Trinajstić information content (AvgIpc) is 3.07. The molecular weight excluding hydrogens is 414 g/mol. The van der Waals surface area contributed by atoms with E-state index in [-0.39, 0.29) is 28.4 Å². The van der Waals surface area contributed by atoms with Crippen LogP contribution in [0.3, 0.4) is 0 Å². The molecule has 0 saturated carbocycles. The second kappa shape index (κ2) is 8.58. The summed E-state index contributed by atoms with van der Waals surface area (Å²) in [5.41, 5.74) is -0.262. The van der Waals surface area contributed by atoms with Gasteiger partial charge in [0.15, 0.2) is 0 Å². The molecule has 0 unspecified atom stereocenters. The lowest BCUT2D eigenvalue weighted by Gasteiger charge is -2.24. The van der Waals surface area contributed by atoms with Crippen molar-refractivity contribution in [3.63, 3.8) is 0 Å². The summed E-state index contributed by atoms with van der Waals surface area (Å²) in [5.74, 6) is -0.862. The van der Waals surface area contributed by atoms with Gasteiger partial charge in [0.2, 0.25) is 0 Å². The van der Waals surface area contributed by atoms with Crippen LogP contribution in [-0.4, -0.2) is 25.7 Å². The molecule has 0 atom stereocenters. The Morgan fingerprint density at radius 1 is 1.16 bits per heavy atom. The highest BCUT2D eigenvalue weighted by molar-refractivity contribution is 6.31. The Morgan fingerprint density at radius 3 is 2.68 bits per heavy atom. The molecule has 0 bridgehead atoms. The van der Waals surface area contributed by atoms with Crippen LogP contribution in [0.5, 0.6) is 0 Å². The van der Waals surface area contributed by atoms with Crippen molar-refractivity contribution < 1.29 is 27.1 Å². The molecule has 2 aromatic rings. The summed E-state index contributed by atoms with van der Waals surface area (Å²) >= 11 is 0. The molecule has 2 aliphatic rings. The van der Waals surface area contributed by atoms with E-state index in [4.69, 9.17) is 4.74 Å². The topological polar surface area (TPSA) is 62.4 Å². The van der Waals surface area contributed by atoms with Crippen LogP contribution in [0.4, 0.5) is 34.6 Å². The first-order chi connectivity index (χ1) is 14.8. The number of anilines is 3. The van der Waals surface area contributed by atoms with Gasteiger partial charge in [-0.1, -0.05) is 6.07 Å². The van der Waals surface area contributed by atoms with E-state index in [9.17, 15) is 22.4 Å². The molecular formula is C22H21F4N3O2. The van der Waals surface area contributed by atoms with Crippen molar-refractivity contribution in [1.82, 2.24) is 0 Å². The Bertz CT molecular complexity index is 1010. The Balaban J connectivity index is 1.54. The quantitative estimate of drug-likeness (QED) is 0.452. The van der Waals surface area contributed by atoms with Crippen molar-refractivity contribution in [1.29, 1.82) is 0 Å². The Labute approximate surface area is 176 Å². The number of nitrogens with one attached hydrogen (secondary N) is 3. The van der Waals surface area contributed by atoms with E-state index < -0.39 is 23.5 Å². The zero-order valence-corrected chi connectivity index (χ0v) is 16.5. The molecule has 164 valence electrons. The number of alkyl halides is 3. The van der Waals surface area contributed by atoms with Gasteiger partial charge < -0.3 is 20.7 Å². The SMILES string of the molecule is O=C1Nc2cccc(F)c2C1=CNc1ccc(NCC2CCOCC2)c(C(F)(F)F)c1. The molecule has 0 radical (unpaired) electrons. The normalized spacial score (nSPS) is 18.1. The lowest BCUT2D eigenvalue weighted by molar-refractivity contribution is -0.136. The first kappa shape index (κ1) is 21.2. The summed E-state index contributed by atoms with van der Waals surface area (Å²) in [6.07, 6.45) is -1.73. The van der Waals surface area contributed by atoms with E-state index in [0.717, 1.165) is 18.9 Å². The van der Waals surface area contributed by atoms with Gasteiger partial charge in [-0.2, -0.15) is 13.2 Å².